The van der Waals surface area contributed by atoms with Crippen LogP contribution in [0.4, 0.5) is 0 Å². The van der Waals surface area contributed by atoms with Crippen LogP contribution in [0.5, 0.6) is 5.75 Å². The topological polar surface area (TPSA) is 58.1 Å². The maximum atomic E-state index is 6.33. The van der Waals surface area contributed by atoms with E-state index in [1.54, 1.807) is 7.11 Å². The molecule has 160 valence electrons. The van der Waals surface area contributed by atoms with Gasteiger partial charge in [0, 0.05) is 36.9 Å². The Hall–Kier alpha value is -0.770. The van der Waals surface area contributed by atoms with Crippen LogP contribution >= 0.6 is 35.6 Å². The molecule has 0 atom stereocenters. The molecule has 1 aromatic carbocycles. The normalized spacial score (nSPS) is 16.4. The molecule has 2 N–H and O–H groups in total. The van der Waals surface area contributed by atoms with Crippen LogP contribution in [0.15, 0.2) is 23.2 Å². The summed E-state index contributed by atoms with van der Waals surface area (Å²) in [4.78, 5) is 7.15. The van der Waals surface area contributed by atoms with Crippen molar-refractivity contribution in [1.29, 1.82) is 0 Å². The molecular weight excluding hydrogens is 491 g/mol. The number of aliphatic imine (C=N–C) groups is 1. The van der Waals surface area contributed by atoms with Crippen LogP contribution in [-0.2, 0) is 11.2 Å². The summed E-state index contributed by atoms with van der Waals surface area (Å²) in [6.45, 7) is 6.01. The number of ether oxygens (including phenoxy) is 2. The van der Waals surface area contributed by atoms with Crippen molar-refractivity contribution >= 4 is 41.5 Å². The van der Waals surface area contributed by atoms with Gasteiger partial charge in [0.15, 0.2) is 5.96 Å². The van der Waals surface area contributed by atoms with Crippen molar-refractivity contribution in [2.75, 3.05) is 54.1 Å². The molecule has 0 radical (unpaired) electrons. The average molecular weight is 525 g/mol. The molecule has 0 spiro atoms. The number of guanidine groups is 1. The Morgan fingerprint density at radius 3 is 2.57 bits per heavy atom. The van der Waals surface area contributed by atoms with Crippen molar-refractivity contribution in [1.82, 2.24) is 15.5 Å². The Kier molecular flexibility index (Phi) is 11.5. The molecule has 1 aliphatic rings. The molecule has 0 aliphatic carbocycles. The van der Waals surface area contributed by atoms with Crippen molar-refractivity contribution in [2.45, 2.75) is 31.7 Å². The minimum Gasteiger partial charge on any atom is -0.497 e. The van der Waals surface area contributed by atoms with E-state index in [0.717, 1.165) is 74.4 Å². The first kappa shape index (κ1) is 25.3. The third-order valence-electron chi connectivity index (χ3n) is 5.19. The summed E-state index contributed by atoms with van der Waals surface area (Å²) in [5.74, 6) is 1.62. The Labute approximate surface area is 191 Å². The lowest BCUT2D eigenvalue weighted by Gasteiger charge is -2.41. The molecule has 1 aromatic rings. The molecule has 0 saturated carbocycles. The van der Waals surface area contributed by atoms with Gasteiger partial charge in [-0.15, -0.1) is 24.0 Å². The number of halogens is 2. The maximum absolute atomic E-state index is 6.33. The van der Waals surface area contributed by atoms with E-state index in [9.17, 15) is 0 Å². The SMILES string of the molecule is CCNC(=NCC1(N(C)C)CCOCC1)NCCc1ccc(OC)cc1Cl.I. The average Bonchev–Trinajstić information content (AvgIpc) is 2.67. The first-order valence-electron chi connectivity index (χ1n) is 9.60. The second-order valence-corrected chi connectivity index (χ2v) is 7.47. The predicted octanol–water partition coefficient (Wildman–Crippen LogP) is 3.18. The molecular formula is C20H34ClIN4O2. The lowest BCUT2D eigenvalue weighted by molar-refractivity contribution is -0.00254. The minimum absolute atomic E-state index is 0. The summed E-state index contributed by atoms with van der Waals surface area (Å²) >= 11 is 6.33. The van der Waals surface area contributed by atoms with Gasteiger partial charge in [-0.25, -0.2) is 0 Å². The standard InChI is InChI=1S/C20H33ClN4O2.HI/c1-5-22-19(24-15-20(25(2)3)9-12-27-13-10-20)23-11-8-16-6-7-17(26-4)14-18(16)21;/h6-7,14H,5,8-13,15H2,1-4H3,(H2,22,23,24);1H. The number of hydrogen-bond acceptors (Lipinski definition) is 4. The van der Waals surface area contributed by atoms with Crippen molar-refractivity contribution < 1.29 is 9.47 Å². The number of nitrogens with one attached hydrogen (secondary N) is 2. The number of hydrogen-bond donors (Lipinski definition) is 2. The highest BCUT2D eigenvalue weighted by Crippen LogP contribution is 2.26. The second kappa shape index (κ2) is 12.7. The first-order chi connectivity index (χ1) is 13.0. The molecule has 0 aromatic heterocycles. The summed E-state index contributed by atoms with van der Waals surface area (Å²) in [7, 11) is 5.91. The summed E-state index contributed by atoms with van der Waals surface area (Å²) in [5, 5.41) is 7.48. The minimum atomic E-state index is 0. The molecule has 1 aliphatic heterocycles. The largest absolute Gasteiger partial charge is 0.497 e. The molecule has 0 amide bonds. The van der Waals surface area contributed by atoms with Crippen LogP contribution in [0.1, 0.15) is 25.3 Å². The lowest BCUT2D eigenvalue weighted by Crippen LogP contribution is -2.51. The molecule has 0 unspecified atom stereocenters. The van der Waals surface area contributed by atoms with Crippen molar-refractivity contribution in [3.63, 3.8) is 0 Å². The van der Waals surface area contributed by atoms with E-state index in [4.69, 9.17) is 26.1 Å². The zero-order valence-corrected chi connectivity index (χ0v) is 20.5. The van der Waals surface area contributed by atoms with Crippen molar-refractivity contribution in [2.24, 2.45) is 4.99 Å². The highest BCUT2D eigenvalue weighted by molar-refractivity contribution is 14.0. The van der Waals surface area contributed by atoms with Crippen LogP contribution in [0, 0.1) is 0 Å². The van der Waals surface area contributed by atoms with E-state index in [0.29, 0.717) is 0 Å². The first-order valence-corrected chi connectivity index (χ1v) is 9.98. The summed E-state index contributed by atoms with van der Waals surface area (Å²) in [5.41, 5.74) is 1.16. The summed E-state index contributed by atoms with van der Waals surface area (Å²) in [6, 6.07) is 5.80. The fourth-order valence-corrected chi connectivity index (χ4v) is 3.50. The highest BCUT2D eigenvalue weighted by Gasteiger charge is 2.34. The van der Waals surface area contributed by atoms with Gasteiger partial charge in [-0.2, -0.15) is 0 Å². The van der Waals surface area contributed by atoms with E-state index in [-0.39, 0.29) is 29.5 Å². The van der Waals surface area contributed by atoms with Gasteiger partial charge >= 0.3 is 0 Å². The van der Waals surface area contributed by atoms with Gasteiger partial charge in [-0.05, 0) is 58.0 Å². The predicted molar refractivity (Wildman–Crippen MR) is 128 cm³/mol. The fraction of sp³-hybridized carbons (Fsp3) is 0.650. The molecule has 2 rings (SSSR count). The molecule has 1 saturated heterocycles. The fourth-order valence-electron chi connectivity index (χ4n) is 3.24. The quantitative estimate of drug-likeness (QED) is 0.311. The smallest absolute Gasteiger partial charge is 0.191 e. The number of rotatable bonds is 8. The van der Waals surface area contributed by atoms with Crippen LogP contribution in [0.25, 0.3) is 0 Å². The molecule has 8 heteroatoms. The highest BCUT2D eigenvalue weighted by atomic mass is 127. The van der Waals surface area contributed by atoms with Gasteiger partial charge in [0.1, 0.15) is 5.75 Å². The molecule has 28 heavy (non-hydrogen) atoms. The Bertz CT molecular complexity index is 622. The van der Waals surface area contributed by atoms with Gasteiger partial charge in [-0.1, -0.05) is 17.7 Å². The van der Waals surface area contributed by atoms with Gasteiger partial charge in [0.25, 0.3) is 0 Å². The van der Waals surface area contributed by atoms with Crippen LogP contribution in [0.3, 0.4) is 0 Å². The molecule has 0 bridgehead atoms. The third kappa shape index (κ3) is 7.24. The zero-order chi connectivity index (χ0) is 19.7. The number of likely N-dealkylation sites (N-methyl/N-ethyl adjacent to an activating group) is 1. The lowest BCUT2D eigenvalue weighted by atomic mass is 9.89. The van der Waals surface area contributed by atoms with Gasteiger partial charge in [0.05, 0.1) is 13.7 Å². The Balaban J connectivity index is 0.00000392. The van der Waals surface area contributed by atoms with E-state index < -0.39 is 0 Å². The van der Waals surface area contributed by atoms with E-state index in [1.807, 2.05) is 18.2 Å². The number of methoxy groups -OCH3 is 1. The zero-order valence-electron chi connectivity index (χ0n) is 17.4. The molecule has 1 heterocycles. The third-order valence-corrected chi connectivity index (χ3v) is 5.55. The van der Waals surface area contributed by atoms with Crippen LogP contribution < -0.4 is 15.4 Å². The van der Waals surface area contributed by atoms with Gasteiger partial charge in [-0.3, -0.25) is 4.99 Å². The van der Waals surface area contributed by atoms with E-state index in [1.165, 1.54) is 0 Å². The maximum Gasteiger partial charge on any atom is 0.191 e. The molecule has 1 fully saturated rings. The van der Waals surface area contributed by atoms with Crippen LogP contribution in [0.2, 0.25) is 5.02 Å². The van der Waals surface area contributed by atoms with Crippen molar-refractivity contribution in [3.05, 3.63) is 28.8 Å². The number of nitrogens with zero attached hydrogens (tertiary/aromatic N) is 2. The monoisotopic (exact) mass is 524 g/mol. The van der Waals surface area contributed by atoms with E-state index in [2.05, 4.69) is 36.6 Å². The number of benzene rings is 1. The Morgan fingerprint density at radius 2 is 2.00 bits per heavy atom. The van der Waals surface area contributed by atoms with Crippen molar-refractivity contribution in [3.8, 4) is 5.75 Å². The molecule has 6 nitrogen and oxygen atoms in total. The second-order valence-electron chi connectivity index (χ2n) is 7.06. The summed E-state index contributed by atoms with van der Waals surface area (Å²) in [6.07, 6.45) is 2.83. The Morgan fingerprint density at radius 1 is 1.29 bits per heavy atom. The van der Waals surface area contributed by atoms with Gasteiger partial charge < -0.3 is 25.0 Å². The van der Waals surface area contributed by atoms with Crippen LogP contribution in [-0.4, -0.2) is 70.5 Å². The van der Waals surface area contributed by atoms with Gasteiger partial charge in [0.2, 0.25) is 0 Å². The van der Waals surface area contributed by atoms with E-state index >= 15 is 0 Å². The summed E-state index contributed by atoms with van der Waals surface area (Å²) < 4.78 is 10.7.